The molecule has 0 aromatic heterocycles. The van der Waals surface area contributed by atoms with E-state index in [1.165, 1.54) is 0 Å². The molecule has 3 aliphatic rings. The minimum atomic E-state index is -0.795. The molecule has 4 heteroatoms. The molecule has 112 valence electrons. The summed E-state index contributed by atoms with van der Waals surface area (Å²) >= 11 is 0. The van der Waals surface area contributed by atoms with Crippen LogP contribution in [0.25, 0.3) is 0 Å². The van der Waals surface area contributed by atoms with Crippen LogP contribution in [0.5, 0.6) is 0 Å². The summed E-state index contributed by atoms with van der Waals surface area (Å²) in [5.41, 5.74) is 0. The Morgan fingerprint density at radius 3 is 2.40 bits per heavy atom. The molecular weight excluding hydrogens is 254 g/mol. The average molecular weight is 279 g/mol. The molecule has 3 rings (SSSR count). The molecule has 2 aliphatic carbocycles. The number of amides is 1. The lowest BCUT2D eigenvalue weighted by Gasteiger charge is -2.31. The zero-order chi connectivity index (χ0) is 14.3. The fourth-order valence-electron chi connectivity index (χ4n) is 4.59. The molecular formula is C16H25NO3. The minimum Gasteiger partial charge on any atom is -0.480 e. The first-order valence-electron chi connectivity index (χ1n) is 8.11. The molecule has 1 saturated heterocycles. The van der Waals surface area contributed by atoms with Gasteiger partial charge in [-0.05, 0) is 56.3 Å². The number of aliphatic carboxylic acids is 1. The molecule has 3 fully saturated rings. The number of carboxylic acid groups (broad SMARTS) is 1. The highest BCUT2D eigenvalue weighted by atomic mass is 16.4. The summed E-state index contributed by atoms with van der Waals surface area (Å²) in [7, 11) is 0. The highest BCUT2D eigenvalue weighted by molar-refractivity contribution is 5.86. The second kappa shape index (κ2) is 5.38. The molecule has 1 N–H and O–H groups in total. The van der Waals surface area contributed by atoms with Crippen molar-refractivity contribution in [3.8, 4) is 0 Å². The fraction of sp³-hybridized carbons (Fsp3) is 0.875. The summed E-state index contributed by atoms with van der Waals surface area (Å²) in [6, 6.07) is -0.547. The molecule has 0 spiro atoms. The summed E-state index contributed by atoms with van der Waals surface area (Å²) in [4.78, 5) is 26.0. The molecule has 0 aromatic rings. The molecule has 0 aromatic carbocycles. The van der Waals surface area contributed by atoms with Crippen molar-refractivity contribution in [2.75, 3.05) is 6.54 Å². The molecule has 1 aliphatic heterocycles. The third-order valence-corrected chi connectivity index (χ3v) is 5.79. The molecule has 0 radical (unpaired) electrons. The van der Waals surface area contributed by atoms with E-state index in [9.17, 15) is 14.7 Å². The average Bonchev–Trinajstić information content (AvgIpc) is 2.97. The molecule has 0 bridgehead atoms. The first-order valence-corrected chi connectivity index (χ1v) is 8.11. The maximum absolute atomic E-state index is 12.7. The maximum Gasteiger partial charge on any atom is 0.326 e. The van der Waals surface area contributed by atoms with Crippen molar-refractivity contribution in [1.29, 1.82) is 0 Å². The van der Waals surface area contributed by atoms with Gasteiger partial charge in [0.05, 0.1) is 0 Å². The van der Waals surface area contributed by atoms with E-state index in [4.69, 9.17) is 0 Å². The number of carbonyl (C=O) groups excluding carboxylic acids is 1. The number of carbonyl (C=O) groups is 2. The zero-order valence-corrected chi connectivity index (χ0v) is 12.3. The van der Waals surface area contributed by atoms with Crippen molar-refractivity contribution in [3.63, 3.8) is 0 Å². The Kier molecular flexibility index (Phi) is 3.74. The van der Waals surface area contributed by atoms with Crippen LogP contribution < -0.4 is 0 Å². The Balaban J connectivity index is 1.72. The third kappa shape index (κ3) is 2.33. The summed E-state index contributed by atoms with van der Waals surface area (Å²) in [5, 5.41) is 9.53. The van der Waals surface area contributed by atoms with E-state index in [1.807, 2.05) is 0 Å². The van der Waals surface area contributed by atoms with Crippen molar-refractivity contribution in [2.45, 2.75) is 57.9 Å². The first kappa shape index (κ1) is 13.9. The molecule has 2 saturated carbocycles. The van der Waals surface area contributed by atoms with Gasteiger partial charge in [-0.15, -0.1) is 0 Å². The van der Waals surface area contributed by atoms with Gasteiger partial charge in [0.2, 0.25) is 5.91 Å². The molecule has 20 heavy (non-hydrogen) atoms. The zero-order valence-electron chi connectivity index (χ0n) is 12.3. The molecule has 1 heterocycles. The van der Waals surface area contributed by atoms with Crippen LogP contribution in [0.15, 0.2) is 0 Å². The van der Waals surface area contributed by atoms with E-state index >= 15 is 0 Å². The Bertz CT molecular complexity index is 401. The second-order valence-corrected chi connectivity index (χ2v) is 7.09. The van der Waals surface area contributed by atoms with Crippen LogP contribution in [0.2, 0.25) is 0 Å². The van der Waals surface area contributed by atoms with Crippen molar-refractivity contribution in [2.24, 2.45) is 23.7 Å². The highest BCUT2D eigenvalue weighted by Gasteiger charge is 2.50. The van der Waals surface area contributed by atoms with Crippen molar-refractivity contribution < 1.29 is 14.7 Å². The Morgan fingerprint density at radius 2 is 1.75 bits per heavy atom. The molecule has 3 unspecified atom stereocenters. The van der Waals surface area contributed by atoms with Crippen LogP contribution in [0.3, 0.4) is 0 Å². The van der Waals surface area contributed by atoms with Crippen LogP contribution in [0, 0.1) is 23.7 Å². The van der Waals surface area contributed by atoms with E-state index in [-0.39, 0.29) is 17.7 Å². The minimum absolute atomic E-state index is 0.0758. The van der Waals surface area contributed by atoms with Crippen LogP contribution in [-0.4, -0.2) is 34.5 Å². The summed E-state index contributed by atoms with van der Waals surface area (Å²) in [6.07, 6.45) is 7.30. The fourth-order valence-corrected chi connectivity index (χ4v) is 4.59. The number of hydrogen-bond donors (Lipinski definition) is 1. The standard InChI is InChI=1S/C16H25NO3/c1-10-5-7-11(8-6-10)15(18)17-9-12-3-2-4-13(12)14(17)16(19)20/h10-14H,2-9H2,1H3,(H,19,20). The van der Waals surface area contributed by atoms with Gasteiger partial charge in [0.25, 0.3) is 0 Å². The third-order valence-electron chi connectivity index (χ3n) is 5.79. The predicted octanol–water partition coefficient (Wildman–Crippen LogP) is 2.52. The van der Waals surface area contributed by atoms with Gasteiger partial charge in [-0.25, -0.2) is 4.79 Å². The smallest absolute Gasteiger partial charge is 0.326 e. The lowest BCUT2D eigenvalue weighted by Crippen LogP contribution is -2.46. The van der Waals surface area contributed by atoms with E-state index in [0.717, 1.165) is 44.9 Å². The van der Waals surface area contributed by atoms with E-state index in [2.05, 4.69) is 6.92 Å². The topological polar surface area (TPSA) is 57.6 Å². The largest absolute Gasteiger partial charge is 0.480 e. The van der Waals surface area contributed by atoms with Crippen LogP contribution >= 0.6 is 0 Å². The van der Waals surface area contributed by atoms with E-state index in [0.29, 0.717) is 18.4 Å². The van der Waals surface area contributed by atoms with Gasteiger partial charge in [-0.1, -0.05) is 13.3 Å². The van der Waals surface area contributed by atoms with Gasteiger partial charge in [0.15, 0.2) is 0 Å². The van der Waals surface area contributed by atoms with Crippen LogP contribution in [-0.2, 0) is 9.59 Å². The van der Waals surface area contributed by atoms with Crippen LogP contribution in [0.4, 0.5) is 0 Å². The van der Waals surface area contributed by atoms with E-state index < -0.39 is 12.0 Å². The van der Waals surface area contributed by atoms with Gasteiger partial charge in [0.1, 0.15) is 6.04 Å². The van der Waals surface area contributed by atoms with Gasteiger partial charge >= 0.3 is 5.97 Å². The van der Waals surface area contributed by atoms with Crippen molar-refractivity contribution in [1.82, 2.24) is 4.90 Å². The first-order chi connectivity index (χ1) is 9.58. The lowest BCUT2D eigenvalue weighted by atomic mass is 9.82. The number of hydrogen-bond acceptors (Lipinski definition) is 2. The summed E-state index contributed by atoms with van der Waals surface area (Å²) in [6.45, 7) is 2.92. The lowest BCUT2D eigenvalue weighted by molar-refractivity contribution is -0.151. The summed E-state index contributed by atoms with van der Waals surface area (Å²) in [5.74, 6) is 0.760. The molecule has 1 amide bonds. The summed E-state index contributed by atoms with van der Waals surface area (Å²) < 4.78 is 0. The molecule has 3 atom stereocenters. The van der Waals surface area contributed by atoms with Crippen molar-refractivity contribution in [3.05, 3.63) is 0 Å². The van der Waals surface area contributed by atoms with Gasteiger partial charge in [-0.3, -0.25) is 4.79 Å². The molecule has 4 nitrogen and oxygen atoms in total. The van der Waals surface area contributed by atoms with Crippen LogP contribution in [0.1, 0.15) is 51.9 Å². The second-order valence-electron chi connectivity index (χ2n) is 7.09. The van der Waals surface area contributed by atoms with E-state index in [1.54, 1.807) is 4.90 Å². The SMILES string of the molecule is CC1CCC(C(=O)N2CC3CCCC3C2C(=O)O)CC1. The number of likely N-dealkylation sites (tertiary alicyclic amines) is 1. The van der Waals surface area contributed by atoms with Crippen molar-refractivity contribution >= 4 is 11.9 Å². The highest BCUT2D eigenvalue weighted by Crippen LogP contribution is 2.43. The Labute approximate surface area is 120 Å². The monoisotopic (exact) mass is 279 g/mol. The van der Waals surface area contributed by atoms with Gasteiger partial charge < -0.3 is 10.0 Å². The normalized spacial score (nSPS) is 40.6. The predicted molar refractivity (Wildman–Crippen MR) is 75.1 cm³/mol. The quantitative estimate of drug-likeness (QED) is 0.845. The van der Waals surface area contributed by atoms with Gasteiger partial charge in [-0.2, -0.15) is 0 Å². The Hall–Kier alpha value is -1.06. The Morgan fingerprint density at radius 1 is 1.05 bits per heavy atom. The number of fused-ring (bicyclic) bond motifs is 1. The van der Waals surface area contributed by atoms with Gasteiger partial charge in [0, 0.05) is 12.5 Å². The maximum atomic E-state index is 12.7. The number of nitrogens with zero attached hydrogens (tertiary/aromatic N) is 1. The number of carboxylic acids is 1. The number of rotatable bonds is 2.